The van der Waals surface area contributed by atoms with Gasteiger partial charge in [0.25, 0.3) is 0 Å². The largest absolute Gasteiger partial charge is 0.481 e. The molecule has 0 aliphatic heterocycles. The minimum Gasteiger partial charge on any atom is -0.481 e. The number of amides is 1. The van der Waals surface area contributed by atoms with Crippen molar-refractivity contribution in [2.24, 2.45) is 5.92 Å². The van der Waals surface area contributed by atoms with Crippen molar-refractivity contribution in [1.82, 2.24) is 14.7 Å². The summed E-state index contributed by atoms with van der Waals surface area (Å²) in [6.07, 6.45) is 0.310. The topological polar surface area (TPSA) is 75.4 Å². The Morgan fingerprint density at radius 3 is 2.45 bits per heavy atom. The summed E-state index contributed by atoms with van der Waals surface area (Å²) in [5.41, 5.74) is 1.94. The van der Waals surface area contributed by atoms with Gasteiger partial charge in [0.2, 0.25) is 5.91 Å². The molecule has 0 aliphatic rings. The molecule has 1 rings (SSSR count). The smallest absolute Gasteiger partial charge is 0.308 e. The van der Waals surface area contributed by atoms with Gasteiger partial charge in [-0.2, -0.15) is 5.10 Å². The lowest BCUT2D eigenvalue weighted by Gasteiger charge is -2.22. The lowest BCUT2D eigenvalue weighted by molar-refractivity contribution is -0.142. The van der Waals surface area contributed by atoms with Gasteiger partial charge in [-0.25, -0.2) is 0 Å². The van der Waals surface area contributed by atoms with Crippen LogP contribution in [0.5, 0.6) is 0 Å². The van der Waals surface area contributed by atoms with Gasteiger partial charge in [-0.05, 0) is 26.8 Å². The van der Waals surface area contributed by atoms with Gasteiger partial charge < -0.3 is 10.0 Å². The maximum atomic E-state index is 12.1. The molecule has 1 aromatic heterocycles. The van der Waals surface area contributed by atoms with Crippen LogP contribution in [-0.4, -0.2) is 45.3 Å². The van der Waals surface area contributed by atoms with Crippen molar-refractivity contribution in [2.45, 2.75) is 40.2 Å². The number of rotatable bonds is 6. The molecule has 0 fully saturated rings. The summed E-state index contributed by atoms with van der Waals surface area (Å²) >= 11 is 0. The van der Waals surface area contributed by atoms with Gasteiger partial charge in [0.1, 0.15) is 0 Å². The number of carbonyl (C=O) groups excluding carboxylic acids is 1. The second-order valence-corrected chi connectivity index (χ2v) is 5.44. The molecule has 0 spiro atoms. The summed E-state index contributed by atoms with van der Waals surface area (Å²) in [4.78, 5) is 24.4. The highest BCUT2D eigenvalue weighted by Gasteiger charge is 2.20. The van der Waals surface area contributed by atoms with Gasteiger partial charge in [-0.3, -0.25) is 14.3 Å². The van der Waals surface area contributed by atoms with Crippen molar-refractivity contribution >= 4 is 11.9 Å². The molecule has 2 atom stereocenters. The van der Waals surface area contributed by atoms with E-state index in [2.05, 4.69) is 5.10 Å². The maximum Gasteiger partial charge on any atom is 0.308 e. The Hall–Kier alpha value is -1.85. The van der Waals surface area contributed by atoms with Crippen molar-refractivity contribution < 1.29 is 14.7 Å². The summed E-state index contributed by atoms with van der Waals surface area (Å²) < 4.78 is 1.84. The SMILES string of the molecule is Cc1cc(C)n(C(C)CC(=O)N(C)CC(C)C(=O)O)n1. The van der Waals surface area contributed by atoms with Crippen LogP contribution in [0.3, 0.4) is 0 Å². The lowest BCUT2D eigenvalue weighted by atomic mass is 10.1. The monoisotopic (exact) mass is 281 g/mol. The van der Waals surface area contributed by atoms with Gasteiger partial charge in [-0.15, -0.1) is 0 Å². The highest BCUT2D eigenvalue weighted by atomic mass is 16.4. The molecule has 0 radical (unpaired) electrons. The number of hydrogen-bond donors (Lipinski definition) is 1. The number of carboxylic acid groups (broad SMARTS) is 1. The average molecular weight is 281 g/mol. The van der Waals surface area contributed by atoms with E-state index < -0.39 is 11.9 Å². The number of nitrogens with zero attached hydrogens (tertiary/aromatic N) is 3. The number of aliphatic carboxylic acids is 1. The Labute approximate surface area is 119 Å². The van der Waals surface area contributed by atoms with E-state index in [0.29, 0.717) is 6.42 Å². The van der Waals surface area contributed by atoms with Crippen molar-refractivity contribution in [1.29, 1.82) is 0 Å². The molecule has 1 amide bonds. The first-order valence-corrected chi connectivity index (χ1v) is 6.72. The zero-order valence-corrected chi connectivity index (χ0v) is 12.8. The van der Waals surface area contributed by atoms with Crippen molar-refractivity contribution in [3.63, 3.8) is 0 Å². The van der Waals surface area contributed by atoms with E-state index in [1.165, 1.54) is 4.90 Å². The van der Waals surface area contributed by atoms with E-state index in [9.17, 15) is 9.59 Å². The molecule has 0 saturated carbocycles. The molecule has 0 aliphatic carbocycles. The Morgan fingerprint density at radius 1 is 1.40 bits per heavy atom. The van der Waals surface area contributed by atoms with E-state index in [4.69, 9.17) is 5.11 Å². The highest BCUT2D eigenvalue weighted by molar-refractivity contribution is 5.77. The molecule has 6 heteroatoms. The first-order chi connectivity index (χ1) is 9.22. The number of carbonyl (C=O) groups is 2. The van der Waals surface area contributed by atoms with Crippen LogP contribution >= 0.6 is 0 Å². The van der Waals surface area contributed by atoms with Crippen molar-refractivity contribution in [3.8, 4) is 0 Å². The van der Waals surface area contributed by atoms with E-state index in [0.717, 1.165) is 11.4 Å². The molecule has 1 heterocycles. The van der Waals surface area contributed by atoms with Crippen LogP contribution in [0.25, 0.3) is 0 Å². The first kappa shape index (κ1) is 16.2. The van der Waals surface area contributed by atoms with Crippen molar-refractivity contribution in [3.05, 3.63) is 17.5 Å². The average Bonchev–Trinajstić information content (AvgIpc) is 2.67. The van der Waals surface area contributed by atoms with Gasteiger partial charge >= 0.3 is 5.97 Å². The minimum atomic E-state index is -0.892. The van der Waals surface area contributed by atoms with Gasteiger partial charge in [0.05, 0.1) is 17.7 Å². The predicted molar refractivity (Wildman–Crippen MR) is 75.5 cm³/mol. The van der Waals surface area contributed by atoms with E-state index >= 15 is 0 Å². The summed E-state index contributed by atoms with van der Waals surface area (Å²) in [7, 11) is 1.63. The standard InChI is InChI=1S/C14H23N3O3/c1-9(14(19)20)8-16(5)13(18)7-12(4)17-11(3)6-10(2)15-17/h6,9,12H,7-8H2,1-5H3,(H,19,20). The molecular weight excluding hydrogens is 258 g/mol. The molecule has 1 aromatic rings. The number of hydrogen-bond acceptors (Lipinski definition) is 3. The van der Waals surface area contributed by atoms with Crippen LogP contribution in [0, 0.1) is 19.8 Å². The van der Waals surface area contributed by atoms with Crippen LogP contribution < -0.4 is 0 Å². The van der Waals surface area contributed by atoms with Crippen LogP contribution in [0.1, 0.15) is 37.7 Å². The van der Waals surface area contributed by atoms with E-state index in [-0.39, 0.29) is 18.5 Å². The molecule has 0 saturated heterocycles. The molecule has 112 valence electrons. The van der Waals surface area contributed by atoms with Gasteiger partial charge in [0, 0.05) is 25.7 Å². The zero-order valence-electron chi connectivity index (χ0n) is 12.8. The Balaban J connectivity index is 2.61. The van der Waals surface area contributed by atoms with Crippen molar-refractivity contribution in [2.75, 3.05) is 13.6 Å². The first-order valence-electron chi connectivity index (χ1n) is 6.72. The highest BCUT2D eigenvalue weighted by Crippen LogP contribution is 2.15. The predicted octanol–water partition coefficient (Wildman–Crippen LogP) is 1.63. The summed E-state index contributed by atoms with van der Waals surface area (Å²) in [6, 6.07) is 1.93. The van der Waals surface area contributed by atoms with E-state index in [1.807, 2.05) is 31.5 Å². The molecule has 6 nitrogen and oxygen atoms in total. The number of aryl methyl sites for hydroxylation is 2. The molecular formula is C14H23N3O3. The minimum absolute atomic E-state index is 0.0428. The quantitative estimate of drug-likeness (QED) is 0.860. The van der Waals surface area contributed by atoms with E-state index in [1.54, 1.807) is 14.0 Å². The fraction of sp³-hybridized carbons (Fsp3) is 0.643. The summed E-state index contributed by atoms with van der Waals surface area (Å²) in [5, 5.41) is 13.2. The second kappa shape index (κ2) is 6.54. The van der Waals surface area contributed by atoms with Crippen LogP contribution in [0.2, 0.25) is 0 Å². The fourth-order valence-corrected chi connectivity index (χ4v) is 2.18. The van der Waals surface area contributed by atoms with Crippen LogP contribution in [-0.2, 0) is 9.59 Å². The number of carboxylic acids is 1. The third-order valence-corrected chi connectivity index (χ3v) is 3.33. The fourth-order valence-electron chi connectivity index (χ4n) is 2.18. The molecule has 0 aromatic carbocycles. The molecule has 1 N–H and O–H groups in total. The lowest BCUT2D eigenvalue weighted by Crippen LogP contribution is -2.34. The number of aromatic nitrogens is 2. The Morgan fingerprint density at radius 2 is 2.00 bits per heavy atom. The van der Waals surface area contributed by atoms with Gasteiger partial charge in [0.15, 0.2) is 0 Å². The third kappa shape index (κ3) is 4.08. The molecule has 0 bridgehead atoms. The molecule has 20 heavy (non-hydrogen) atoms. The Kier molecular flexibility index (Phi) is 5.30. The summed E-state index contributed by atoms with van der Waals surface area (Å²) in [6.45, 7) is 7.62. The third-order valence-electron chi connectivity index (χ3n) is 3.33. The zero-order chi connectivity index (χ0) is 15.4. The normalized spacial score (nSPS) is 13.8. The maximum absolute atomic E-state index is 12.1. The molecule has 2 unspecified atom stereocenters. The second-order valence-electron chi connectivity index (χ2n) is 5.44. The van der Waals surface area contributed by atoms with Gasteiger partial charge in [-0.1, -0.05) is 6.92 Å². The van der Waals surface area contributed by atoms with Crippen LogP contribution in [0.15, 0.2) is 6.07 Å². The van der Waals surface area contributed by atoms with Crippen LogP contribution in [0.4, 0.5) is 0 Å². The summed E-state index contributed by atoms with van der Waals surface area (Å²) in [5.74, 6) is -1.53. The Bertz CT molecular complexity index is 496.